The fraction of sp³-hybridized carbons (Fsp3) is 0.438. The summed E-state index contributed by atoms with van der Waals surface area (Å²) >= 11 is 0. The largest absolute Gasteiger partial charge is 0.480 e. The van der Waals surface area contributed by atoms with Crippen LogP contribution in [0.2, 0.25) is 0 Å². The van der Waals surface area contributed by atoms with Crippen LogP contribution in [-0.2, 0) is 20.8 Å². The first-order valence-electron chi connectivity index (χ1n) is 7.34. The number of hydrogen-bond donors (Lipinski definition) is 2. The molecule has 0 aromatic heterocycles. The van der Waals surface area contributed by atoms with Crippen molar-refractivity contribution in [2.75, 3.05) is 0 Å². The maximum absolute atomic E-state index is 13.1. The molecule has 0 heterocycles. The van der Waals surface area contributed by atoms with Gasteiger partial charge in [-0.05, 0) is 36.5 Å². The van der Waals surface area contributed by atoms with Gasteiger partial charge in [0.1, 0.15) is 11.8 Å². The molecule has 0 saturated heterocycles. The van der Waals surface area contributed by atoms with Crippen molar-refractivity contribution in [3.8, 4) is 0 Å². The van der Waals surface area contributed by atoms with E-state index in [-0.39, 0.29) is 24.2 Å². The summed E-state index contributed by atoms with van der Waals surface area (Å²) in [4.78, 5) is 34.8. The van der Waals surface area contributed by atoms with Gasteiger partial charge >= 0.3 is 5.97 Å². The molecule has 2 N–H and O–H groups in total. The van der Waals surface area contributed by atoms with E-state index in [1.54, 1.807) is 0 Å². The number of Topliss-reactive ketones (excluding diaryl/α,β-unsaturated/α-hetero) is 1. The maximum atomic E-state index is 13.1. The Morgan fingerprint density at radius 3 is 2.65 bits per heavy atom. The van der Waals surface area contributed by atoms with Gasteiger partial charge in [0.2, 0.25) is 5.91 Å². The van der Waals surface area contributed by atoms with Gasteiger partial charge < -0.3 is 10.4 Å². The second kappa shape index (κ2) is 7.30. The minimum atomic E-state index is -1.21. The van der Waals surface area contributed by atoms with Gasteiger partial charge in [-0.2, -0.15) is 0 Å². The van der Waals surface area contributed by atoms with Crippen LogP contribution in [0, 0.1) is 17.6 Å². The third-order valence-electron chi connectivity index (χ3n) is 3.92. The van der Waals surface area contributed by atoms with Gasteiger partial charge in [0.25, 0.3) is 0 Å². The number of nitrogens with one attached hydrogen (secondary N) is 1. The van der Waals surface area contributed by atoms with Gasteiger partial charge in [0.05, 0.1) is 6.42 Å². The Hall–Kier alpha value is -2.31. The zero-order valence-electron chi connectivity index (χ0n) is 12.4. The fourth-order valence-corrected chi connectivity index (χ4v) is 2.78. The SMILES string of the molecule is O=C1CCC[C@@H]([C@@H](NC(=O)Cc2ccc(F)c(F)c2)C(=O)O)C1. The molecule has 0 radical (unpaired) electrons. The Kier molecular flexibility index (Phi) is 5.41. The van der Waals surface area contributed by atoms with E-state index < -0.39 is 35.5 Å². The zero-order chi connectivity index (χ0) is 17.0. The summed E-state index contributed by atoms with van der Waals surface area (Å²) < 4.78 is 26.0. The number of hydrogen-bond acceptors (Lipinski definition) is 3. The molecule has 1 aliphatic carbocycles. The summed E-state index contributed by atoms with van der Waals surface area (Å²) in [6, 6.07) is 1.91. The minimum absolute atomic E-state index is 0.0117. The smallest absolute Gasteiger partial charge is 0.326 e. The van der Waals surface area contributed by atoms with E-state index in [2.05, 4.69) is 5.32 Å². The highest BCUT2D eigenvalue weighted by Gasteiger charge is 2.33. The van der Waals surface area contributed by atoms with Crippen LogP contribution in [0.4, 0.5) is 8.78 Å². The number of carboxylic acid groups (broad SMARTS) is 1. The molecule has 1 amide bonds. The Morgan fingerprint density at radius 1 is 1.30 bits per heavy atom. The second-order valence-electron chi connectivity index (χ2n) is 5.70. The number of carboxylic acids is 1. The topological polar surface area (TPSA) is 83.5 Å². The molecular formula is C16H17F2NO4. The quantitative estimate of drug-likeness (QED) is 0.865. The Bertz CT molecular complexity index is 633. The standard InChI is InChI=1S/C16H17F2NO4/c17-12-5-4-9(6-13(12)18)7-14(21)19-15(16(22)23)10-2-1-3-11(20)8-10/h4-6,10,15H,1-3,7-8H2,(H,19,21)(H,22,23)/t10-,15-/m1/s1. The first-order valence-corrected chi connectivity index (χ1v) is 7.34. The fourth-order valence-electron chi connectivity index (χ4n) is 2.78. The number of halogens is 2. The zero-order valence-corrected chi connectivity index (χ0v) is 12.4. The average Bonchev–Trinajstić information content (AvgIpc) is 2.48. The lowest BCUT2D eigenvalue weighted by atomic mass is 9.83. The minimum Gasteiger partial charge on any atom is -0.480 e. The van der Waals surface area contributed by atoms with Gasteiger partial charge in [-0.15, -0.1) is 0 Å². The Labute approximate surface area is 131 Å². The van der Waals surface area contributed by atoms with Crippen molar-refractivity contribution in [1.29, 1.82) is 0 Å². The van der Waals surface area contributed by atoms with Crippen molar-refractivity contribution in [3.63, 3.8) is 0 Å². The van der Waals surface area contributed by atoms with Gasteiger partial charge in [-0.1, -0.05) is 6.07 Å². The summed E-state index contributed by atoms with van der Waals surface area (Å²) in [5, 5.41) is 11.7. The predicted octanol–water partition coefficient (Wildman–Crippen LogP) is 1.84. The van der Waals surface area contributed by atoms with Crippen LogP contribution in [0.5, 0.6) is 0 Å². The molecule has 1 fully saturated rings. The van der Waals surface area contributed by atoms with Gasteiger partial charge in [-0.25, -0.2) is 13.6 Å². The lowest BCUT2D eigenvalue weighted by molar-refractivity contribution is -0.144. The summed E-state index contributed by atoms with van der Waals surface area (Å²) in [5.41, 5.74) is 0.241. The van der Waals surface area contributed by atoms with Gasteiger partial charge in [0.15, 0.2) is 11.6 Å². The molecule has 7 heteroatoms. The van der Waals surface area contributed by atoms with Crippen molar-refractivity contribution in [2.45, 2.75) is 38.1 Å². The number of aliphatic carboxylic acids is 1. The Balaban J connectivity index is 2.01. The third-order valence-corrected chi connectivity index (χ3v) is 3.92. The van der Waals surface area contributed by atoms with E-state index >= 15 is 0 Å². The molecular weight excluding hydrogens is 308 g/mol. The van der Waals surface area contributed by atoms with Crippen molar-refractivity contribution >= 4 is 17.7 Å². The highest BCUT2D eigenvalue weighted by Crippen LogP contribution is 2.24. The van der Waals surface area contributed by atoms with Crippen LogP contribution in [-0.4, -0.2) is 28.8 Å². The molecule has 0 aliphatic heterocycles. The van der Waals surface area contributed by atoms with Crippen LogP contribution in [0.1, 0.15) is 31.2 Å². The van der Waals surface area contributed by atoms with Crippen molar-refractivity contribution in [2.24, 2.45) is 5.92 Å². The molecule has 23 heavy (non-hydrogen) atoms. The molecule has 1 aromatic carbocycles. The number of rotatable bonds is 5. The summed E-state index contributed by atoms with van der Waals surface area (Å²) in [7, 11) is 0. The van der Waals surface area contributed by atoms with Crippen LogP contribution in [0.3, 0.4) is 0 Å². The highest BCUT2D eigenvalue weighted by molar-refractivity contribution is 5.86. The maximum Gasteiger partial charge on any atom is 0.326 e. The van der Waals surface area contributed by atoms with Crippen LogP contribution < -0.4 is 5.32 Å². The molecule has 0 bridgehead atoms. The summed E-state index contributed by atoms with van der Waals surface area (Å²) in [5.74, 6) is -4.35. The molecule has 2 rings (SSSR count). The number of ketones is 1. The monoisotopic (exact) mass is 325 g/mol. The van der Waals surface area contributed by atoms with Gasteiger partial charge in [0, 0.05) is 12.8 Å². The van der Waals surface area contributed by atoms with Gasteiger partial charge in [-0.3, -0.25) is 9.59 Å². The average molecular weight is 325 g/mol. The van der Waals surface area contributed by atoms with Crippen molar-refractivity contribution in [3.05, 3.63) is 35.4 Å². The first kappa shape index (κ1) is 17.1. The van der Waals surface area contributed by atoms with E-state index in [1.165, 1.54) is 6.07 Å². The van der Waals surface area contributed by atoms with E-state index in [0.29, 0.717) is 19.3 Å². The van der Waals surface area contributed by atoms with Crippen molar-refractivity contribution < 1.29 is 28.3 Å². The number of benzene rings is 1. The first-order chi connectivity index (χ1) is 10.9. The van der Waals surface area contributed by atoms with Crippen molar-refractivity contribution in [1.82, 2.24) is 5.32 Å². The van der Waals surface area contributed by atoms with E-state index in [4.69, 9.17) is 0 Å². The predicted molar refractivity (Wildman–Crippen MR) is 76.6 cm³/mol. The highest BCUT2D eigenvalue weighted by atomic mass is 19.2. The molecule has 0 spiro atoms. The molecule has 5 nitrogen and oxygen atoms in total. The van der Waals surface area contributed by atoms with Crippen LogP contribution in [0.25, 0.3) is 0 Å². The lowest BCUT2D eigenvalue weighted by Gasteiger charge is -2.27. The normalized spacial score (nSPS) is 19.2. The van der Waals surface area contributed by atoms with E-state index in [9.17, 15) is 28.3 Å². The molecule has 1 aliphatic rings. The molecule has 2 atom stereocenters. The lowest BCUT2D eigenvalue weighted by Crippen LogP contribution is -2.47. The number of amides is 1. The summed E-state index contributed by atoms with van der Waals surface area (Å²) in [6.07, 6.45) is 1.45. The molecule has 0 unspecified atom stereocenters. The molecule has 1 saturated carbocycles. The van der Waals surface area contributed by atoms with Crippen LogP contribution in [0.15, 0.2) is 18.2 Å². The summed E-state index contributed by atoms with van der Waals surface area (Å²) in [6.45, 7) is 0. The molecule has 1 aromatic rings. The Morgan fingerprint density at radius 2 is 2.04 bits per heavy atom. The van der Waals surface area contributed by atoms with Crippen LogP contribution >= 0.6 is 0 Å². The van der Waals surface area contributed by atoms with E-state index in [1.807, 2.05) is 0 Å². The third kappa shape index (κ3) is 4.58. The molecule has 124 valence electrons. The van der Waals surface area contributed by atoms with E-state index in [0.717, 1.165) is 12.1 Å². The second-order valence-corrected chi connectivity index (χ2v) is 5.70. The number of carbonyl (C=O) groups excluding carboxylic acids is 2. The number of carbonyl (C=O) groups is 3.